The third-order valence-corrected chi connectivity index (χ3v) is 3.62. The molecule has 0 radical (unpaired) electrons. The monoisotopic (exact) mass is 273 g/mol. The van der Waals surface area contributed by atoms with E-state index >= 15 is 0 Å². The zero-order chi connectivity index (χ0) is 14.5. The highest BCUT2D eigenvalue weighted by Crippen LogP contribution is 2.17. The number of aromatic hydroxyl groups is 1. The molecule has 1 aliphatic heterocycles. The number of benzene rings is 1. The maximum absolute atomic E-state index is 12.3. The van der Waals surface area contributed by atoms with Gasteiger partial charge < -0.3 is 14.9 Å². The quantitative estimate of drug-likeness (QED) is 0.886. The zero-order valence-corrected chi connectivity index (χ0v) is 11.6. The van der Waals surface area contributed by atoms with E-state index in [9.17, 15) is 15.2 Å². The number of nitrogens with zero attached hydrogens (tertiary/aromatic N) is 3. The van der Waals surface area contributed by atoms with Crippen molar-refractivity contribution in [2.45, 2.75) is 6.42 Å². The Bertz CT molecular complexity index is 516. The van der Waals surface area contributed by atoms with E-state index in [0.717, 1.165) is 18.7 Å². The molecule has 1 aromatic rings. The zero-order valence-electron chi connectivity index (χ0n) is 11.6. The lowest BCUT2D eigenvalue weighted by Gasteiger charge is -2.33. The Hall–Kier alpha value is -2.06. The minimum absolute atomic E-state index is 0.107. The van der Waals surface area contributed by atoms with Crippen LogP contribution in [-0.2, 0) is 11.2 Å². The Balaban J connectivity index is 2.01. The Labute approximate surface area is 119 Å². The molecule has 106 valence electrons. The van der Waals surface area contributed by atoms with Crippen molar-refractivity contribution in [1.82, 2.24) is 9.80 Å². The highest BCUT2D eigenvalue weighted by atomic mass is 16.3. The van der Waals surface area contributed by atoms with E-state index in [2.05, 4.69) is 11.0 Å². The molecule has 5 heteroatoms. The summed E-state index contributed by atoms with van der Waals surface area (Å²) >= 11 is 0. The van der Waals surface area contributed by atoms with E-state index in [4.69, 9.17) is 0 Å². The van der Waals surface area contributed by atoms with Gasteiger partial charge in [-0.3, -0.25) is 4.79 Å². The van der Waals surface area contributed by atoms with Crippen LogP contribution in [0.15, 0.2) is 24.3 Å². The van der Waals surface area contributed by atoms with Crippen LogP contribution >= 0.6 is 0 Å². The molecule has 1 atom stereocenters. The number of hydrogen-bond donors (Lipinski definition) is 1. The highest BCUT2D eigenvalue weighted by Gasteiger charge is 2.26. The van der Waals surface area contributed by atoms with Gasteiger partial charge in [-0.1, -0.05) is 12.1 Å². The third-order valence-electron chi connectivity index (χ3n) is 3.62. The summed E-state index contributed by atoms with van der Waals surface area (Å²) in [5.41, 5.74) is 0.805. The molecule has 0 bridgehead atoms. The van der Waals surface area contributed by atoms with Crippen LogP contribution in [0.5, 0.6) is 5.75 Å². The van der Waals surface area contributed by atoms with Crippen molar-refractivity contribution >= 4 is 5.91 Å². The van der Waals surface area contributed by atoms with Crippen LogP contribution < -0.4 is 0 Å². The van der Waals surface area contributed by atoms with Gasteiger partial charge in [0, 0.05) is 26.2 Å². The molecule has 0 spiro atoms. The van der Waals surface area contributed by atoms with Gasteiger partial charge in [0.15, 0.2) is 0 Å². The molecule has 2 rings (SSSR count). The summed E-state index contributed by atoms with van der Waals surface area (Å²) in [7, 11) is 2.02. The fourth-order valence-electron chi connectivity index (χ4n) is 2.35. The SMILES string of the molecule is CN1CCN(C(=O)C(C#N)Cc2cccc(O)c2)CC1. The van der Waals surface area contributed by atoms with Crippen LogP contribution in [0.3, 0.4) is 0 Å². The second-order valence-corrected chi connectivity index (χ2v) is 5.18. The molecular weight excluding hydrogens is 254 g/mol. The molecule has 1 amide bonds. The number of nitriles is 1. The van der Waals surface area contributed by atoms with Crippen molar-refractivity contribution in [2.75, 3.05) is 33.2 Å². The first kappa shape index (κ1) is 14.4. The molecular formula is C15H19N3O2. The molecule has 0 saturated carbocycles. The number of rotatable bonds is 3. The lowest BCUT2D eigenvalue weighted by atomic mass is 9.98. The van der Waals surface area contributed by atoms with Crippen molar-refractivity contribution < 1.29 is 9.90 Å². The summed E-state index contributed by atoms with van der Waals surface area (Å²) in [5, 5.41) is 18.7. The van der Waals surface area contributed by atoms with Crippen molar-refractivity contribution in [1.29, 1.82) is 5.26 Å². The van der Waals surface area contributed by atoms with Crippen LogP contribution in [0.1, 0.15) is 5.56 Å². The molecule has 1 saturated heterocycles. The Morgan fingerprint density at radius 3 is 2.70 bits per heavy atom. The number of hydrogen-bond acceptors (Lipinski definition) is 4. The molecule has 1 aliphatic rings. The number of piperazine rings is 1. The normalized spacial score (nSPS) is 17.5. The Morgan fingerprint density at radius 2 is 2.10 bits per heavy atom. The van der Waals surface area contributed by atoms with Gasteiger partial charge in [-0.2, -0.15) is 5.26 Å². The predicted octanol–water partition coefficient (Wildman–Crippen LogP) is 0.848. The lowest BCUT2D eigenvalue weighted by Crippen LogP contribution is -2.49. The molecule has 20 heavy (non-hydrogen) atoms. The second-order valence-electron chi connectivity index (χ2n) is 5.18. The average molecular weight is 273 g/mol. The van der Waals surface area contributed by atoms with Gasteiger partial charge in [-0.25, -0.2) is 0 Å². The average Bonchev–Trinajstić information content (AvgIpc) is 2.45. The van der Waals surface area contributed by atoms with Gasteiger partial charge in [0.1, 0.15) is 11.7 Å². The minimum atomic E-state index is -0.680. The Kier molecular flexibility index (Phi) is 4.59. The summed E-state index contributed by atoms with van der Waals surface area (Å²) in [6, 6.07) is 8.81. The molecule has 1 N–H and O–H groups in total. The molecule has 1 aromatic carbocycles. The van der Waals surface area contributed by atoms with Crippen LogP contribution in [0.2, 0.25) is 0 Å². The first-order chi connectivity index (χ1) is 9.60. The second kappa shape index (κ2) is 6.40. The van der Waals surface area contributed by atoms with E-state index in [1.807, 2.05) is 13.1 Å². The fourth-order valence-corrected chi connectivity index (χ4v) is 2.35. The van der Waals surface area contributed by atoms with E-state index in [0.29, 0.717) is 19.5 Å². The number of carbonyl (C=O) groups excluding carboxylic acids is 1. The molecule has 0 aromatic heterocycles. The maximum Gasteiger partial charge on any atom is 0.240 e. The summed E-state index contributed by atoms with van der Waals surface area (Å²) in [6.45, 7) is 3.03. The lowest BCUT2D eigenvalue weighted by molar-refractivity contribution is -0.135. The van der Waals surface area contributed by atoms with Gasteiger partial charge in [0.2, 0.25) is 5.91 Å². The number of phenols is 1. The van der Waals surface area contributed by atoms with Crippen molar-refractivity contribution in [3.63, 3.8) is 0 Å². The van der Waals surface area contributed by atoms with Gasteiger partial charge in [0.25, 0.3) is 0 Å². The molecule has 1 heterocycles. The molecule has 1 fully saturated rings. The molecule has 0 aliphatic carbocycles. The summed E-state index contributed by atoms with van der Waals surface area (Å²) in [5.74, 6) is -0.629. The largest absolute Gasteiger partial charge is 0.508 e. The predicted molar refractivity (Wildman–Crippen MR) is 75.0 cm³/mol. The van der Waals surface area contributed by atoms with E-state index < -0.39 is 5.92 Å². The standard InChI is InChI=1S/C15H19N3O2/c1-17-5-7-18(8-6-17)15(20)13(11-16)9-12-3-2-4-14(19)10-12/h2-4,10,13,19H,5-9H2,1H3. The van der Waals surface area contributed by atoms with Gasteiger partial charge >= 0.3 is 0 Å². The smallest absolute Gasteiger partial charge is 0.240 e. The molecule has 1 unspecified atom stereocenters. The van der Waals surface area contributed by atoms with Crippen molar-refractivity contribution in [3.05, 3.63) is 29.8 Å². The number of amides is 1. The van der Waals surface area contributed by atoms with E-state index in [1.165, 1.54) is 0 Å². The van der Waals surface area contributed by atoms with E-state index in [-0.39, 0.29) is 11.7 Å². The van der Waals surface area contributed by atoms with Crippen LogP contribution in [0.4, 0.5) is 0 Å². The number of likely N-dealkylation sites (N-methyl/N-ethyl adjacent to an activating group) is 1. The number of carbonyl (C=O) groups is 1. The topological polar surface area (TPSA) is 67.6 Å². The maximum atomic E-state index is 12.3. The first-order valence-electron chi connectivity index (χ1n) is 6.75. The summed E-state index contributed by atoms with van der Waals surface area (Å²) in [4.78, 5) is 16.3. The van der Waals surface area contributed by atoms with Gasteiger partial charge in [-0.05, 0) is 31.2 Å². The molecule has 5 nitrogen and oxygen atoms in total. The van der Waals surface area contributed by atoms with Gasteiger partial charge in [0.05, 0.1) is 6.07 Å². The van der Waals surface area contributed by atoms with Crippen LogP contribution in [0.25, 0.3) is 0 Å². The van der Waals surface area contributed by atoms with Crippen LogP contribution in [0, 0.1) is 17.2 Å². The van der Waals surface area contributed by atoms with Gasteiger partial charge in [-0.15, -0.1) is 0 Å². The first-order valence-corrected chi connectivity index (χ1v) is 6.75. The fraction of sp³-hybridized carbons (Fsp3) is 0.467. The van der Waals surface area contributed by atoms with Crippen molar-refractivity contribution in [3.8, 4) is 11.8 Å². The summed E-state index contributed by atoms with van der Waals surface area (Å²) < 4.78 is 0. The van der Waals surface area contributed by atoms with Crippen LogP contribution in [-0.4, -0.2) is 54.0 Å². The minimum Gasteiger partial charge on any atom is -0.508 e. The Morgan fingerprint density at radius 1 is 1.40 bits per heavy atom. The third kappa shape index (κ3) is 3.49. The van der Waals surface area contributed by atoms with Crippen molar-refractivity contribution in [2.24, 2.45) is 5.92 Å². The number of phenolic OH excluding ortho intramolecular Hbond substituents is 1. The van der Waals surface area contributed by atoms with E-state index in [1.54, 1.807) is 23.1 Å². The summed E-state index contributed by atoms with van der Waals surface area (Å²) in [6.07, 6.45) is 0.343. The highest BCUT2D eigenvalue weighted by molar-refractivity contribution is 5.81.